The van der Waals surface area contributed by atoms with Gasteiger partial charge in [-0.05, 0) is 56.2 Å². The Kier molecular flexibility index (Phi) is 7.32. The number of halogens is 1. The third-order valence-corrected chi connectivity index (χ3v) is 5.88. The van der Waals surface area contributed by atoms with Crippen molar-refractivity contribution in [2.75, 3.05) is 23.7 Å². The first-order valence-corrected chi connectivity index (χ1v) is 11.1. The molecule has 1 N–H and O–H groups in total. The van der Waals surface area contributed by atoms with Gasteiger partial charge in [-0.15, -0.1) is 0 Å². The van der Waals surface area contributed by atoms with Crippen molar-refractivity contribution in [3.05, 3.63) is 58.6 Å². The Morgan fingerprint density at radius 2 is 1.86 bits per heavy atom. The number of hydrogen-bond donors (Lipinski definition) is 1. The van der Waals surface area contributed by atoms with Gasteiger partial charge in [-0.2, -0.15) is 0 Å². The van der Waals surface area contributed by atoms with Crippen LogP contribution in [-0.4, -0.2) is 39.8 Å². The minimum absolute atomic E-state index is 0.213. The number of aryl methyl sites for hydroxylation is 2. The molecule has 2 aromatic carbocycles. The van der Waals surface area contributed by atoms with Crippen LogP contribution < -0.4 is 14.4 Å². The van der Waals surface area contributed by atoms with E-state index in [-0.39, 0.29) is 13.2 Å². The number of rotatable bonds is 8. The molecule has 6 nitrogen and oxygen atoms in total. The molecule has 0 radical (unpaired) electrons. The zero-order valence-corrected chi connectivity index (χ0v) is 18.0. The molecule has 2 rings (SSSR count). The molecule has 0 spiro atoms. The summed E-state index contributed by atoms with van der Waals surface area (Å²) in [6.07, 6.45) is 1.09. The standard InChI is InChI=1S/C20H25ClN2O4S/c1-14-9-10-17(13-15(14)2)23(28(4,25)26)16(3)20(24)22-11-12-27-19-8-6-5-7-18(19)21/h5-10,13,16H,11-12H2,1-4H3,(H,22,24)/t16-/m1/s1. The molecule has 0 aromatic heterocycles. The van der Waals surface area contributed by atoms with Crippen molar-refractivity contribution in [3.8, 4) is 5.75 Å². The predicted octanol–water partition coefficient (Wildman–Crippen LogP) is 3.31. The Morgan fingerprint density at radius 3 is 2.46 bits per heavy atom. The smallest absolute Gasteiger partial charge is 0.243 e. The lowest BCUT2D eigenvalue weighted by molar-refractivity contribution is -0.121. The zero-order valence-electron chi connectivity index (χ0n) is 16.4. The van der Waals surface area contributed by atoms with Gasteiger partial charge in [0.25, 0.3) is 0 Å². The van der Waals surface area contributed by atoms with Crippen LogP contribution in [0.1, 0.15) is 18.1 Å². The van der Waals surface area contributed by atoms with E-state index in [0.717, 1.165) is 21.7 Å². The summed E-state index contributed by atoms with van der Waals surface area (Å²) in [6, 6.07) is 11.4. The van der Waals surface area contributed by atoms with Gasteiger partial charge in [0, 0.05) is 0 Å². The Bertz CT molecular complexity index is 947. The van der Waals surface area contributed by atoms with Crippen LogP contribution in [0, 0.1) is 13.8 Å². The second kappa shape index (κ2) is 9.30. The van der Waals surface area contributed by atoms with E-state index in [1.165, 1.54) is 0 Å². The van der Waals surface area contributed by atoms with Crippen LogP contribution in [0.2, 0.25) is 5.02 Å². The van der Waals surface area contributed by atoms with Gasteiger partial charge in [0.15, 0.2) is 0 Å². The van der Waals surface area contributed by atoms with Crippen molar-refractivity contribution >= 4 is 33.2 Å². The Hall–Kier alpha value is -2.25. The molecule has 0 bridgehead atoms. The highest BCUT2D eigenvalue weighted by Crippen LogP contribution is 2.24. The molecule has 0 aliphatic rings. The molecule has 0 unspecified atom stereocenters. The maximum absolute atomic E-state index is 12.5. The van der Waals surface area contributed by atoms with Crippen molar-refractivity contribution in [2.45, 2.75) is 26.8 Å². The molecule has 0 aliphatic carbocycles. The second-order valence-corrected chi connectivity index (χ2v) is 8.84. The lowest BCUT2D eigenvalue weighted by Gasteiger charge is -2.28. The number of nitrogens with one attached hydrogen (secondary N) is 1. The Balaban J connectivity index is 2.03. The van der Waals surface area contributed by atoms with E-state index < -0.39 is 22.0 Å². The molecular formula is C20H25ClN2O4S. The lowest BCUT2D eigenvalue weighted by atomic mass is 10.1. The van der Waals surface area contributed by atoms with Crippen molar-refractivity contribution in [3.63, 3.8) is 0 Å². The van der Waals surface area contributed by atoms with E-state index >= 15 is 0 Å². The molecule has 2 aromatic rings. The Labute approximate surface area is 171 Å². The second-order valence-electron chi connectivity index (χ2n) is 6.57. The number of sulfonamides is 1. The molecular weight excluding hydrogens is 400 g/mol. The quantitative estimate of drug-likeness (QED) is 0.659. The number of para-hydroxylation sites is 1. The maximum atomic E-state index is 12.5. The summed E-state index contributed by atoms with van der Waals surface area (Å²) in [5.74, 6) is 0.116. The van der Waals surface area contributed by atoms with Crippen LogP contribution in [0.4, 0.5) is 5.69 Å². The lowest BCUT2D eigenvalue weighted by Crippen LogP contribution is -2.48. The van der Waals surface area contributed by atoms with E-state index in [1.54, 1.807) is 43.3 Å². The van der Waals surface area contributed by atoms with E-state index in [2.05, 4.69) is 5.32 Å². The third kappa shape index (κ3) is 5.62. The summed E-state index contributed by atoms with van der Waals surface area (Å²) < 4.78 is 31.3. The first kappa shape index (κ1) is 22.0. The predicted molar refractivity (Wildman–Crippen MR) is 113 cm³/mol. The molecule has 152 valence electrons. The van der Waals surface area contributed by atoms with Gasteiger partial charge < -0.3 is 10.1 Å². The minimum Gasteiger partial charge on any atom is -0.490 e. The van der Waals surface area contributed by atoms with Crippen LogP contribution in [0.3, 0.4) is 0 Å². The highest BCUT2D eigenvalue weighted by atomic mass is 35.5. The first-order chi connectivity index (χ1) is 13.1. The molecule has 8 heteroatoms. The molecule has 28 heavy (non-hydrogen) atoms. The molecule has 1 amide bonds. The number of anilines is 1. The highest BCUT2D eigenvalue weighted by Gasteiger charge is 2.29. The first-order valence-electron chi connectivity index (χ1n) is 8.83. The van der Waals surface area contributed by atoms with Gasteiger partial charge >= 0.3 is 0 Å². The van der Waals surface area contributed by atoms with Gasteiger partial charge in [-0.1, -0.05) is 29.8 Å². The third-order valence-electron chi connectivity index (χ3n) is 4.33. The number of amides is 1. The van der Waals surface area contributed by atoms with Gasteiger partial charge in [-0.3, -0.25) is 9.10 Å². The summed E-state index contributed by atoms with van der Waals surface area (Å²) in [5, 5.41) is 3.19. The van der Waals surface area contributed by atoms with Gasteiger partial charge in [0.1, 0.15) is 18.4 Å². The van der Waals surface area contributed by atoms with Crippen molar-refractivity contribution in [1.82, 2.24) is 5.32 Å². The van der Waals surface area contributed by atoms with Crippen LogP contribution in [0.25, 0.3) is 0 Å². The summed E-state index contributed by atoms with van der Waals surface area (Å²) >= 11 is 6.01. The SMILES string of the molecule is Cc1ccc(N([C@H](C)C(=O)NCCOc2ccccc2Cl)S(C)(=O)=O)cc1C. The van der Waals surface area contributed by atoms with Gasteiger partial charge in [-0.25, -0.2) is 8.42 Å². The number of ether oxygens (including phenoxy) is 1. The number of carbonyl (C=O) groups is 1. The summed E-state index contributed by atoms with van der Waals surface area (Å²) in [7, 11) is -3.65. The number of carbonyl (C=O) groups excluding carboxylic acids is 1. The van der Waals surface area contributed by atoms with Crippen molar-refractivity contribution < 1.29 is 17.9 Å². The number of hydrogen-bond acceptors (Lipinski definition) is 4. The van der Waals surface area contributed by atoms with Crippen molar-refractivity contribution in [2.24, 2.45) is 0 Å². The molecule has 0 aliphatic heterocycles. The van der Waals surface area contributed by atoms with Crippen LogP contribution in [0.5, 0.6) is 5.75 Å². The fraction of sp³-hybridized carbons (Fsp3) is 0.350. The van der Waals surface area contributed by atoms with Crippen LogP contribution in [0.15, 0.2) is 42.5 Å². The average molecular weight is 425 g/mol. The van der Waals surface area contributed by atoms with Gasteiger partial charge in [0.05, 0.1) is 23.5 Å². The fourth-order valence-electron chi connectivity index (χ4n) is 2.72. The molecule has 0 heterocycles. The largest absolute Gasteiger partial charge is 0.490 e. The normalized spacial score (nSPS) is 12.3. The molecule has 1 atom stereocenters. The van der Waals surface area contributed by atoms with Crippen LogP contribution in [-0.2, 0) is 14.8 Å². The summed E-state index contributed by atoms with van der Waals surface area (Å²) in [4.78, 5) is 12.5. The van der Waals surface area contributed by atoms with Crippen LogP contribution >= 0.6 is 11.6 Å². The Morgan fingerprint density at radius 1 is 1.18 bits per heavy atom. The summed E-state index contributed by atoms with van der Waals surface area (Å²) in [5.41, 5.74) is 2.46. The monoisotopic (exact) mass is 424 g/mol. The highest BCUT2D eigenvalue weighted by molar-refractivity contribution is 7.92. The van der Waals surface area contributed by atoms with E-state index in [4.69, 9.17) is 16.3 Å². The maximum Gasteiger partial charge on any atom is 0.243 e. The van der Waals surface area contributed by atoms with E-state index in [0.29, 0.717) is 16.5 Å². The average Bonchev–Trinajstić information content (AvgIpc) is 2.62. The number of nitrogens with zero attached hydrogens (tertiary/aromatic N) is 1. The minimum atomic E-state index is -3.65. The van der Waals surface area contributed by atoms with Crippen molar-refractivity contribution in [1.29, 1.82) is 0 Å². The molecule has 0 saturated carbocycles. The van der Waals surface area contributed by atoms with E-state index in [1.807, 2.05) is 19.9 Å². The number of benzene rings is 2. The zero-order chi connectivity index (χ0) is 20.9. The topological polar surface area (TPSA) is 75.7 Å². The molecule has 0 saturated heterocycles. The molecule has 0 fully saturated rings. The summed E-state index contributed by atoms with van der Waals surface area (Å²) in [6.45, 7) is 5.83. The van der Waals surface area contributed by atoms with E-state index in [9.17, 15) is 13.2 Å². The fourth-order valence-corrected chi connectivity index (χ4v) is 4.07. The van der Waals surface area contributed by atoms with Gasteiger partial charge in [0.2, 0.25) is 15.9 Å².